The number of aromatic nitrogens is 1. The first-order chi connectivity index (χ1) is 12.2. The fourth-order valence-corrected chi connectivity index (χ4v) is 3.61. The average Bonchev–Trinajstić information content (AvgIpc) is 2.98. The molecule has 0 atom stereocenters. The van der Waals surface area contributed by atoms with Crippen molar-refractivity contribution in [1.29, 1.82) is 0 Å². The predicted octanol–water partition coefficient (Wildman–Crippen LogP) is 3.48. The van der Waals surface area contributed by atoms with E-state index in [-0.39, 0.29) is 10.6 Å². The Morgan fingerprint density at radius 1 is 1.08 bits per heavy atom. The van der Waals surface area contributed by atoms with E-state index in [2.05, 4.69) is 9.71 Å². The van der Waals surface area contributed by atoms with Gasteiger partial charge in [0.15, 0.2) is 0 Å². The summed E-state index contributed by atoms with van der Waals surface area (Å²) in [7, 11) is -2.56. The standard InChI is InChI=1S/C10H10ClN3O3S.C7H7Cl/c1-13-18(16,17)9-6-4-5(11)2-3-7(6)14-8(9)10(12)15;1-6-2-4-7(8)5-3-6/h2-4,13-14H,1H3,(H2,12,15);2-5H,1H3. The van der Waals surface area contributed by atoms with Gasteiger partial charge in [-0.05, 0) is 44.3 Å². The number of carbonyl (C=O) groups is 1. The lowest BCUT2D eigenvalue weighted by atomic mass is 10.2. The van der Waals surface area contributed by atoms with Crippen molar-refractivity contribution in [2.45, 2.75) is 11.8 Å². The predicted molar refractivity (Wildman–Crippen MR) is 104 cm³/mol. The fourth-order valence-electron chi connectivity index (χ4n) is 2.23. The summed E-state index contributed by atoms with van der Waals surface area (Å²) >= 11 is 11.4. The van der Waals surface area contributed by atoms with Crippen molar-refractivity contribution in [3.8, 4) is 0 Å². The van der Waals surface area contributed by atoms with E-state index in [1.807, 2.05) is 31.2 Å². The van der Waals surface area contributed by atoms with E-state index in [0.29, 0.717) is 15.9 Å². The Bertz CT molecular complexity index is 1020. The number of fused-ring (bicyclic) bond motifs is 1. The van der Waals surface area contributed by atoms with Crippen molar-refractivity contribution >= 4 is 50.0 Å². The summed E-state index contributed by atoms with van der Waals surface area (Å²) in [5.41, 5.74) is 6.73. The molecule has 0 saturated heterocycles. The first kappa shape index (κ1) is 20.3. The number of benzene rings is 2. The molecule has 26 heavy (non-hydrogen) atoms. The Hall–Kier alpha value is -2.06. The number of H-pyrrole nitrogens is 1. The van der Waals surface area contributed by atoms with Crippen molar-refractivity contribution < 1.29 is 13.2 Å². The van der Waals surface area contributed by atoms with E-state index in [9.17, 15) is 13.2 Å². The van der Waals surface area contributed by atoms with Crippen molar-refractivity contribution in [1.82, 2.24) is 9.71 Å². The zero-order chi connectivity index (χ0) is 19.5. The molecule has 0 bridgehead atoms. The van der Waals surface area contributed by atoms with E-state index < -0.39 is 15.9 Å². The van der Waals surface area contributed by atoms with Gasteiger partial charge in [-0.3, -0.25) is 4.79 Å². The third-order valence-corrected chi connectivity index (χ3v) is 5.49. The maximum atomic E-state index is 11.9. The Morgan fingerprint density at radius 3 is 2.15 bits per heavy atom. The van der Waals surface area contributed by atoms with Gasteiger partial charge in [-0.15, -0.1) is 0 Å². The number of rotatable bonds is 3. The van der Waals surface area contributed by atoms with Gasteiger partial charge in [-0.2, -0.15) is 0 Å². The van der Waals surface area contributed by atoms with Crippen LogP contribution in [-0.4, -0.2) is 26.4 Å². The van der Waals surface area contributed by atoms with Crippen LogP contribution in [-0.2, 0) is 10.0 Å². The highest BCUT2D eigenvalue weighted by molar-refractivity contribution is 7.89. The maximum Gasteiger partial charge on any atom is 0.266 e. The maximum absolute atomic E-state index is 11.9. The van der Waals surface area contributed by atoms with E-state index >= 15 is 0 Å². The van der Waals surface area contributed by atoms with Gasteiger partial charge >= 0.3 is 0 Å². The van der Waals surface area contributed by atoms with Gasteiger partial charge in [0.05, 0.1) is 0 Å². The number of primary amides is 1. The fraction of sp³-hybridized carbons (Fsp3) is 0.118. The van der Waals surface area contributed by atoms with Crippen LogP contribution in [0.1, 0.15) is 16.1 Å². The molecule has 2 aromatic carbocycles. The summed E-state index contributed by atoms with van der Waals surface area (Å²) in [4.78, 5) is 13.8. The molecule has 1 heterocycles. The minimum Gasteiger partial charge on any atom is -0.364 e. The Labute approximate surface area is 161 Å². The van der Waals surface area contributed by atoms with Crippen LogP contribution in [0.15, 0.2) is 47.4 Å². The number of aryl methyl sites for hydroxylation is 1. The molecule has 9 heteroatoms. The van der Waals surface area contributed by atoms with Crippen LogP contribution >= 0.6 is 23.2 Å². The van der Waals surface area contributed by atoms with Gasteiger partial charge in [0.2, 0.25) is 10.0 Å². The van der Waals surface area contributed by atoms with E-state index in [1.54, 1.807) is 12.1 Å². The van der Waals surface area contributed by atoms with E-state index in [1.165, 1.54) is 18.7 Å². The van der Waals surface area contributed by atoms with Gasteiger partial charge < -0.3 is 10.7 Å². The number of aromatic amines is 1. The van der Waals surface area contributed by atoms with Crippen molar-refractivity contribution in [2.24, 2.45) is 5.73 Å². The molecule has 3 aromatic rings. The molecule has 0 aliphatic rings. The normalized spacial score (nSPS) is 11.1. The molecule has 138 valence electrons. The number of halogens is 2. The van der Waals surface area contributed by atoms with Crippen LogP contribution in [0.3, 0.4) is 0 Å². The zero-order valence-corrected chi connectivity index (χ0v) is 16.3. The second-order valence-corrected chi connectivity index (χ2v) is 8.08. The number of hydrogen-bond donors (Lipinski definition) is 3. The lowest BCUT2D eigenvalue weighted by Crippen LogP contribution is -2.23. The molecule has 1 amide bonds. The minimum atomic E-state index is -3.81. The summed E-state index contributed by atoms with van der Waals surface area (Å²) in [6.45, 7) is 2.04. The van der Waals surface area contributed by atoms with Gasteiger partial charge in [-0.25, -0.2) is 13.1 Å². The molecule has 0 spiro atoms. The molecule has 0 fully saturated rings. The van der Waals surface area contributed by atoms with E-state index in [4.69, 9.17) is 28.9 Å². The molecule has 0 aliphatic carbocycles. The number of nitrogens with one attached hydrogen (secondary N) is 2. The van der Waals surface area contributed by atoms with Crippen LogP contribution in [0.25, 0.3) is 10.9 Å². The second kappa shape index (κ2) is 8.09. The molecule has 0 aliphatic heterocycles. The Morgan fingerprint density at radius 2 is 1.65 bits per heavy atom. The highest BCUT2D eigenvalue weighted by atomic mass is 35.5. The van der Waals surface area contributed by atoms with E-state index in [0.717, 1.165) is 5.02 Å². The molecule has 0 saturated carbocycles. The van der Waals surface area contributed by atoms with Crippen LogP contribution in [0.5, 0.6) is 0 Å². The highest BCUT2D eigenvalue weighted by Crippen LogP contribution is 2.28. The molecule has 3 rings (SSSR count). The monoisotopic (exact) mass is 413 g/mol. The van der Waals surface area contributed by atoms with Crippen LogP contribution in [0.2, 0.25) is 10.0 Å². The molecule has 0 unspecified atom stereocenters. The summed E-state index contributed by atoms with van der Waals surface area (Å²) in [6.07, 6.45) is 0. The number of carbonyl (C=O) groups excluding carboxylic acids is 1. The lowest BCUT2D eigenvalue weighted by Gasteiger charge is -2.02. The average molecular weight is 414 g/mol. The van der Waals surface area contributed by atoms with Crippen LogP contribution < -0.4 is 10.5 Å². The molecule has 4 N–H and O–H groups in total. The summed E-state index contributed by atoms with van der Waals surface area (Å²) in [6, 6.07) is 12.4. The second-order valence-electron chi connectivity index (χ2n) is 5.39. The Kier molecular flexibility index (Phi) is 6.30. The lowest BCUT2D eigenvalue weighted by molar-refractivity contribution is 0.0993. The first-order valence-corrected chi connectivity index (χ1v) is 9.66. The topological polar surface area (TPSA) is 105 Å². The quantitative estimate of drug-likeness (QED) is 0.611. The molecular weight excluding hydrogens is 397 g/mol. The summed E-state index contributed by atoms with van der Waals surface area (Å²) < 4.78 is 26.0. The third kappa shape index (κ3) is 4.56. The SMILES string of the molecule is CNS(=O)(=O)c1c(C(N)=O)[nH]c2ccc(Cl)cc12.Cc1ccc(Cl)cc1. The van der Waals surface area contributed by atoms with Crippen molar-refractivity contribution in [2.75, 3.05) is 7.05 Å². The molecule has 0 radical (unpaired) electrons. The van der Waals surface area contributed by atoms with Crippen LogP contribution in [0, 0.1) is 6.92 Å². The number of hydrogen-bond acceptors (Lipinski definition) is 3. The van der Waals surface area contributed by atoms with Crippen molar-refractivity contribution in [3.63, 3.8) is 0 Å². The smallest absolute Gasteiger partial charge is 0.266 e. The summed E-state index contributed by atoms with van der Waals surface area (Å²) in [5.74, 6) is -0.851. The largest absolute Gasteiger partial charge is 0.364 e. The molecular formula is C17H17Cl2N3O3S. The molecule has 6 nitrogen and oxygen atoms in total. The number of nitrogens with two attached hydrogens (primary N) is 1. The zero-order valence-electron chi connectivity index (χ0n) is 14.0. The molecule has 1 aromatic heterocycles. The van der Waals surface area contributed by atoms with Gasteiger partial charge in [0, 0.05) is 20.9 Å². The number of sulfonamides is 1. The van der Waals surface area contributed by atoms with Gasteiger partial charge in [-0.1, -0.05) is 40.9 Å². The van der Waals surface area contributed by atoms with Gasteiger partial charge in [0.25, 0.3) is 5.91 Å². The third-order valence-electron chi connectivity index (χ3n) is 3.51. The minimum absolute atomic E-state index is 0.165. The first-order valence-electron chi connectivity index (χ1n) is 7.42. The van der Waals surface area contributed by atoms with Gasteiger partial charge in [0.1, 0.15) is 10.6 Å². The summed E-state index contributed by atoms with van der Waals surface area (Å²) in [5, 5.41) is 1.49. The Balaban J connectivity index is 0.000000254. The van der Waals surface area contributed by atoms with Crippen molar-refractivity contribution in [3.05, 3.63) is 63.8 Å². The number of amides is 1. The van der Waals surface area contributed by atoms with Crippen LogP contribution in [0.4, 0.5) is 0 Å². The highest BCUT2D eigenvalue weighted by Gasteiger charge is 2.25.